The van der Waals surface area contributed by atoms with Crippen molar-refractivity contribution in [2.24, 2.45) is 7.05 Å². The number of pyridine rings is 1. The number of hydrogen-bond acceptors (Lipinski definition) is 4. The van der Waals surface area contributed by atoms with Gasteiger partial charge in [0, 0.05) is 39.1 Å². The number of fused-ring (bicyclic) bond motifs is 1. The average molecular weight is 380 g/mol. The van der Waals surface area contributed by atoms with Crippen LogP contribution in [0, 0.1) is 0 Å². The molecule has 0 fully saturated rings. The van der Waals surface area contributed by atoms with Crippen LogP contribution in [0.3, 0.4) is 0 Å². The molecule has 0 aliphatic carbocycles. The van der Waals surface area contributed by atoms with Gasteiger partial charge in [-0.15, -0.1) is 0 Å². The molecule has 28 heavy (non-hydrogen) atoms. The molecule has 0 radical (unpaired) electrons. The maximum atomic E-state index is 5.09. The van der Waals surface area contributed by atoms with Crippen molar-refractivity contribution in [3.05, 3.63) is 35.3 Å². The fourth-order valence-electron chi connectivity index (χ4n) is 3.72. The van der Waals surface area contributed by atoms with Gasteiger partial charge < -0.3 is 9.47 Å². The predicted octanol–water partition coefficient (Wildman–Crippen LogP) is 4.95. The van der Waals surface area contributed by atoms with Gasteiger partial charge in [-0.25, -0.2) is 15.0 Å². The third kappa shape index (κ3) is 3.89. The van der Waals surface area contributed by atoms with Crippen molar-refractivity contribution >= 4 is 17.0 Å². The summed E-state index contributed by atoms with van der Waals surface area (Å²) in [7, 11) is 6.12. The van der Waals surface area contributed by atoms with Crippen molar-refractivity contribution in [3.8, 4) is 11.3 Å². The number of hydrogen-bond donors (Lipinski definition) is 0. The van der Waals surface area contributed by atoms with Gasteiger partial charge in [0.1, 0.15) is 11.3 Å². The molecule has 5 nitrogen and oxygen atoms in total. The molecule has 0 saturated heterocycles. The predicted molar refractivity (Wildman–Crippen MR) is 118 cm³/mol. The van der Waals surface area contributed by atoms with Gasteiger partial charge in [-0.1, -0.05) is 33.6 Å². The van der Waals surface area contributed by atoms with Crippen LogP contribution in [-0.2, 0) is 26.3 Å². The quantitative estimate of drug-likeness (QED) is 0.519. The van der Waals surface area contributed by atoms with E-state index in [4.69, 9.17) is 9.97 Å². The Bertz CT molecular complexity index is 955. The molecule has 3 aromatic heterocycles. The second-order valence-corrected chi connectivity index (χ2v) is 7.71. The molecule has 5 heteroatoms. The molecule has 0 aromatic carbocycles. The molecule has 0 unspecified atom stereocenters. The molecular formula is C23H33N5. The van der Waals surface area contributed by atoms with E-state index in [0.29, 0.717) is 0 Å². The fraction of sp³-hybridized carbons (Fsp3) is 0.522. The minimum atomic E-state index is 0.861. The number of nitrogens with zero attached hydrogens (tertiary/aromatic N) is 5. The summed E-state index contributed by atoms with van der Waals surface area (Å²) in [6, 6.07) is 2.17. The van der Waals surface area contributed by atoms with Gasteiger partial charge in [0.15, 0.2) is 5.65 Å². The van der Waals surface area contributed by atoms with Gasteiger partial charge in [-0.3, -0.25) is 0 Å². The Morgan fingerprint density at radius 2 is 1.79 bits per heavy atom. The van der Waals surface area contributed by atoms with Gasteiger partial charge in [0.05, 0.1) is 11.4 Å². The summed E-state index contributed by atoms with van der Waals surface area (Å²) in [5, 5.41) is 0. The zero-order valence-electron chi connectivity index (χ0n) is 18.2. The highest BCUT2D eigenvalue weighted by atomic mass is 15.1. The van der Waals surface area contributed by atoms with E-state index in [1.54, 1.807) is 0 Å². The standard InChI is InChI=1S/C23H33N5/c1-7-10-11-12-17-15-28(6)23-21(17)25-19(9-3)22(26-23)18-14-24-20(27(4)5)13-16(18)8-2/h13-15H,7-12H2,1-6H3. The Labute approximate surface area is 168 Å². The van der Waals surface area contributed by atoms with E-state index < -0.39 is 0 Å². The van der Waals surface area contributed by atoms with E-state index in [0.717, 1.165) is 53.2 Å². The van der Waals surface area contributed by atoms with E-state index in [1.807, 2.05) is 25.2 Å². The molecule has 0 bridgehead atoms. The monoisotopic (exact) mass is 379 g/mol. The molecule has 0 spiro atoms. The summed E-state index contributed by atoms with van der Waals surface area (Å²) in [5.74, 6) is 0.977. The zero-order chi connectivity index (χ0) is 20.3. The van der Waals surface area contributed by atoms with Crippen LogP contribution in [0.5, 0.6) is 0 Å². The van der Waals surface area contributed by atoms with E-state index in [1.165, 1.54) is 30.4 Å². The Kier molecular flexibility index (Phi) is 6.32. The summed E-state index contributed by atoms with van der Waals surface area (Å²) >= 11 is 0. The van der Waals surface area contributed by atoms with Crippen LogP contribution >= 0.6 is 0 Å². The molecule has 0 N–H and O–H groups in total. The maximum absolute atomic E-state index is 5.09. The smallest absolute Gasteiger partial charge is 0.159 e. The van der Waals surface area contributed by atoms with Gasteiger partial charge >= 0.3 is 0 Å². The van der Waals surface area contributed by atoms with Crippen LogP contribution in [0.1, 0.15) is 56.9 Å². The molecule has 3 heterocycles. The average Bonchev–Trinajstić information content (AvgIpc) is 3.01. The molecule has 0 saturated carbocycles. The van der Waals surface area contributed by atoms with Crippen molar-refractivity contribution in [2.45, 2.75) is 59.3 Å². The fourth-order valence-corrected chi connectivity index (χ4v) is 3.72. The Morgan fingerprint density at radius 3 is 2.43 bits per heavy atom. The molecular weight excluding hydrogens is 346 g/mol. The SMILES string of the molecule is CCCCCc1cn(C)c2nc(-c3cnc(N(C)C)cc3CC)c(CC)nc12. The first-order valence-electron chi connectivity index (χ1n) is 10.5. The lowest BCUT2D eigenvalue weighted by atomic mass is 10.0. The number of rotatable bonds is 8. The van der Waals surface area contributed by atoms with E-state index in [9.17, 15) is 0 Å². The Balaban J connectivity index is 2.13. The molecule has 0 aliphatic heterocycles. The Hall–Kier alpha value is -2.43. The van der Waals surface area contributed by atoms with Crippen LogP contribution in [-0.4, -0.2) is 33.6 Å². The number of anilines is 1. The van der Waals surface area contributed by atoms with Gasteiger partial charge in [0.2, 0.25) is 0 Å². The van der Waals surface area contributed by atoms with Crippen LogP contribution in [0.15, 0.2) is 18.5 Å². The minimum absolute atomic E-state index is 0.861. The van der Waals surface area contributed by atoms with Crippen LogP contribution < -0.4 is 4.90 Å². The second kappa shape index (κ2) is 8.72. The van der Waals surface area contributed by atoms with Crippen molar-refractivity contribution in [3.63, 3.8) is 0 Å². The molecule has 0 aliphatic rings. The highest BCUT2D eigenvalue weighted by Crippen LogP contribution is 2.30. The van der Waals surface area contributed by atoms with E-state index in [2.05, 4.69) is 49.6 Å². The minimum Gasteiger partial charge on any atom is -0.363 e. The third-order valence-corrected chi connectivity index (χ3v) is 5.39. The molecule has 0 atom stereocenters. The van der Waals surface area contributed by atoms with Gasteiger partial charge in [-0.05, 0) is 42.9 Å². The lowest BCUT2D eigenvalue weighted by Gasteiger charge is -2.16. The highest BCUT2D eigenvalue weighted by Gasteiger charge is 2.18. The molecule has 3 rings (SSSR count). The summed E-state index contributed by atoms with van der Waals surface area (Å²) < 4.78 is 2.12. The molecule has 150 valence electrons. The lowest BCUT2D eigenvalue weighted by molar-refractivity contribution is 0.717. The number of aryl methyl sites for hydroxylation is 4. The summed E-state index contributed by atoms with van der Waals surface area (Å²) in [5.41, 5.74) is 7.76. The second-order valence-electron chi connectivity index (χ2n) is 7.71. The van der Waals surface area contributed by atoms with Crippen molar-refractivity contribution in [2.75, 3.05) is 19.0 Å². The maximum Gasteiger partial charge on any atom is 0.159 e. The highest BCUT2D eigenvalue weighted by molar-refractivity contribution is 5.80. The first-order chi connectivity index (χ1) is 13.5. The Morgan fingerprint density at radius 1 is 1.00 bits per heavy atom. The zero-order valence-corrected chi connectivity index (χ0v) is 18.2. The van der Waals surface area contributed by atoms with E-state index in [-0.39, 0.29) is 0 Å². The molecule has 3 aromatic rings. The van der Waals surface area contributed by atoms with Crippen molar-refractivity contribution in [1.82, 2.24) is 19.5 Å². The van der Waals surface area contributed by atoms with E-state index >= 15 is 0 Å². The van der Waals surface area contributed by atoms with Gasteiger partial charge in [-0.2, -0.15) is 0 Å². The number of unbranched alkanes of at least 4 members (excludes halogenated alkanes) is 2. The molecule has 0 amide bonds. The lowest BCUT2D eigenvalue weighted by Crippen LogP contribution is -2.11. The normalized spacial score (nSPS) is 11.4. The number of aromatic nitrogens is 4. The van der Waals surface area contributed by atoms with Crippen molar-refractivity contribution < 1.29 is 0 Å². The summed E-state index contributed by atoms with van der Waals surface area (Å²) in [6.45, 7) is 6.59. The first kappa shape index (κ1) is 20.3. The first-order valence-corrected chi connectivity index (χ1v) is 10.5. The van der Waals surface area contributed by atoms with Gasteiger partial charge in [0.25, 0.3) is 0 Å². The summed E-state index contributed by atoms with van der Waals surface area (Å²) in [4.78, 5) is 16.9. The summed E-state index contributed by atoms with van der Waals surface area (Å²) in [6.07, 6.45) is 10.7. The van der Waals surface area contributed by atoms with Crippen molar-refractivity contribution in [1.29, 1.82) is 0 Å². The topological polar surface area (TPSA) is 46.8 Å². The third-order valence-electron chi connectivity index (χ3n) is 5.39. The van der Waals surface area contributed by atoms with Crippen LogP contribution in [0.25, 0.3) is 22.4 Å². The van der Waals surface area contributed by atoms with Crippen LogP contribution in [0.2, 0.25) is 0 Å². The van der Waals surface area contributed by atoms with Crippen LogP contribution in [0.4, 0.5) is 5.82 Å². The largest absolute Gasteiger partial charge is 0.363 e.